The number of fused-ring (bicyclic) bond motifs is 1. The summed E-state index contributed by atoms with van der Waals surface area (Å²) in [6.45, 7) is 0.402. The van der Waals surface area contributed by atoms with Gasteiger partial charge < -0.3 is 10.2 Å². The van der Waals surface area contributed by atoms with E-state index in [1.54, 1.807) is 0 Å². The van der Waals surface area contributed by atoms with Gasteiger partial charge in [-0.2, -0.15) is 0 Å². The molecule has 0 aliphatic carbocycles. The van der Waals surface area contributed by atoms with E-state index < -0.39 is 0 Å². The van der Waals surface area contributed by atoms with Gasteiger partial charge in [0.2, 0.25) is 0 Å². The Morgan fingerprint density at radius 1 is 1.00 bits per heavy atom. The van der Waals surface area contributed by atoms with Crippen LogP contribution in [0.4, 0.5) is 0 Å². The molecule has 1 aromatic heterocycles. The van der Waals surface area contributed by atoms with Crippen molar-refractivity contribution >= 4 is 34.2 Å². The molecule has 0 unspecified atom stereocenters. The molecule has 4 heteroatoms. The zero-order valence-electron chi connectivity index (χ0n) is 9.99. The topological polar surface area (TPSA) is 39.2 Å². The number of rotatable bonds is 2. The van der Waals surface area contributed by atoms with Gasteiger partial charge in [0.15, 0.2) is 0 Å². The van der Waals surface area contributed by atoms with E-state index in [2.05, 4.69) is 0 Å². The van der Waals surface area contributed by atoms with Crippen molar-refractivity contribution in [1.82, 2.24) is 0 Å². The second-order valence-electron chi connectivity index (χ2n) is 4.30. The molecule has 19 heavy (non-hydrogen) atoms. The minimum atomic E-state index is 0.402. The molecule has 0 bridgehead atoms. The summed E-state index contributed by atoms with van der Waals surface area (Å²) >= 11 is 12.0. The van der Waals surface area contributed by atoms with Gasteiger partial charge in [0.05, 0.1) is 0 Å². The Morgan fingerprint density at radius 2 is 1.84 bits per heavy atom. The summed E-state index contributed by atoms with van der Waals surface area (Å²) in [7, 11) is 0. The van der Waals surface area contributed by atoms with Gasteiger partial charge in [-0.25, -0.2) is 0 Å². The highest BCUT2D eigenvalue weighted by Crippen LogP contribution is 2.31. The molecule has 0 spiro atoms. The zero-order chi connectivity index (χ0) is 13.4. The SMILES string of the molecule is NCc1cc(-c2cc3cc(Cl)ccc3o2)ccc1Cl. The predicted octanol–water partition coefficient (Wildman–Crippen LogP) is 4.87. The maximum atomic E-state index is 6.06. The first-order valence-corrected chi connectivity index (χ1v) is 6.61. The Kier molecular flexibility index (Phi) is 3.23. The number of hydrogen-bond acceptors (Lipinski definition) is 2. The van der Waals surface area contributed by atoms with E-state index in [0.717, 1.165) is 27.9 Å². The molecule has 0 saturated carbocycles. The average Bonchev–Trinajstić information content (AvgIpc) is 2.82. The van der Waals surface area contributed by atoms with Gasteiger partial charge in [-0.3, -0.25) is 0 Å². The van der Waals surface area contributed by atoms with Gasteiger partial charge in [0, 0.05) is 27.5 Å². The van der Waals surface area contributed by atoms with E-state index in [9.17, 15) is 0 Å². The molecular formula is C15H11Cl2NO. The fourth-order valence-electron chi connectivity index (χ4n) is 2.04. The van der Waals surface area contributed by atoms with Crippen LogP contribution in [0.2, 0.25) is 10.0 Å². The van der Waals surface area contributed by atoms with Crippen molar-refractivity contribution < 1.29 is 4.42 Å². The Bertz CT molecular complexity index is 749. The molecule has 96 valence electrons. The Morgan fingerprint density at radius 3 is 2.63 bits per heavy atom. The Labute approximate surface area is 120 Å². The van der Waals surface area contributed by atoms with Crippen LogP contribution in [0.5, 0.6) is 0 Å². The standard InChI is InChI=1S/C15H11Cl2NO/c16-12-2-4-14-10(6-12)7-15(19-14)9-1-3-13(17)11(5-9)8-18/h1-7H,8,18H2. The zero-order valence-corrected chi connectivity index (χ0v) is 11.5. The molecule has 3 rings (SSSR count). The number of nitrogens with two attached hydrogens (primary N) is 1. The molecule has 0 amide bonds. The minimum absolute atomic E-state index is 0.402. The number of hydrogen-bond donors (Lipinski definition) is 1. The predicted molar refractivity (Wildman–Crippen MR) is 79.6 cm³/mol. The van der Waals surface area contributed by atoms with Crippen molar-refractivity contribution in [3.8, 4) is 11.3 Å². The monoisotopic (exact) mass is 291 g/mol. The molecule has 0 fully saturated rings. The number of benzene rings is 2. The van der Waals surface area contributed by atoms with Crippen LogP contribution in [-0.2, 0) is 6.54 Å². The lowest BCUT2D eigenvalue weighted by molar-refractivity contribution is 0.631. The van der Waals surface area contributed by atoms with Gasteiger partial charge in [0.25, 0.3) is 0 Å². The quantitative estimate of drug-likeness (QED) is 0.732. The molecule has 3 aromatic rings. The largest absolute Gasteiger partial charge is 0.456 e. The maximum absolute atomic E-state index is 6.06. The lowest BCUT2D eigenvalue weighted by Crippen LogP contribution is -1.97. The molecule has 0 atom stereocenters. The first kappa shape index (κ1) is 12.5. The van der Waals surface area contributed by atoms with Crippen molar-refractivity contribution in [3.05, 3.63) is 58.1 Å². The average molecular weight is 292 g/mol. The highest BCUT2D eigenvalue weighted by molar-refractivity contribution is 6.31. The summed E-state index contributed by atoms with van der Waals surface area (Å²) in [6.07, 6.45) is 0. The van der Waals surface area contributed by atoms with Gasteiger partial charge in [0.1, 0.15) is 11.3 Å². The minimum Gasteiger partial charge on any atom is -0.456 e. The number of halogens is 2. The second kappa shape index (κ2) is 4.89. The van der Waals surface area contributed by atoms with E-state index in [1.165, 1.54) is 0 Å². The maximum Gasteiger partial charge on any atom is 0.135 e. The normalized spacial score (nSPS) is 11.1. The molecule has 2 N–H and O–H groups in total. The van der Waals surface area contributed by atoms with Crippen molar-refractivity contribution in [1.29, 1.82) is 0 Å². The van der Waals surface area contributed by atoms with E-state index in [1.807, 2.05) is 42.5 Å². The first-order valence-electron chi connectivity index (χ1n) is 5.85. The lowest BCUT2D eigenvalue weighted by atomic mass is 10.1. The van der Waals surface area contributed by atoms with Crippen molar-refractivity contribution in [2.45, 2.75) is 6.54 Å². The van der Waals surface area contributed by atoms with Crippen LogP contribution < -0.4 is 5.73 Å². The van der Waals surface area contributed by atoms with Crippen LogP contribution in [0.3, 0.4) is 0 Å². The lowest BCUT2D eigenvalue weighted by Gasteiger charge is -2.03. The van der Waals surface area contributed by atoms with Gasteiger partial charge in [-0.1, -0.05) is 23.2 Å². The molecule has 2 aromatic carbocycles. The van der Waals surface area contributed by atoms with Crippen LogP contribution in [0.15, 0.2) is 46.9 Å². The molecule has 0 saturated heterocycles. The summed E-state index contributed by atoms with van der Waals surface area (Å²) in [5.74, 6) is 0.781. The molecule has 1 heterocycles. The van der Waals surface area contributed by atoms with Crippen LogP contribution in [0.1, 0.15) is 5.56 Å². The van der Waals surface area contributed by atoms with Crippen LogP contribution in [0.25, 0.3) is 22.3 Å². The third-order valence-electron chi connectivity index (χ3n) is 3.03. The van der Waals surface area contributed by atoms with Crippen LogP contribution in [-0.4, -0.2) is 0 Å². The highest BCUT2D eigenvalue weighted by Gasteiger charge is 2.08. The molecule has 0 aliphatic heterocycles. The van der Waals surface area contributed by atoms with E-state index in [4.69, 9.17) is 33.4 Å². The summed E-state index contributed by atoms with van der Waals surface area (Å²) in [6, 6.07) is 13.2. The Balaban J connectivity index is 2.13. The van der Waals surface area contributed by atoms with Crippen LogP contribution >= 0.6 is 23.2 Å². The molecule has 0 aliphatic rings. The molecule has 2 nitrogen and oxygen atoms in total. The van der Waals surface area contributed by atoms with Gasteiger partial charge >= 0.3 is 0 Å². The summed E-state index contributed by atoms with van der Waals surface area (Å²) in [4.78, 5) is 0. The third kappa shape index (κ3) is 2.35. The summed E-state index contributed by atoms with van der Waals surface area (Å²) in [5, 5.41) is 2.34. The molecular weight excluding hydrogens is 281 g/mol. The third-order valence-corrected chi connectivity index (χ3v) is 3.63. The van der Waals surface area contributed by atoms with Gasteiger partial charge in [-0.15, -0.1) is 0 Å². The first-order chi connectivity index (χ1) is 9.17. The fourth-order valence-corrected chi connectivity index (χ4v) is 2.42. The van der Waals surface area contributed by atoms with Gasteiger partial charge in [-0.05, 0) is 48.0 Å². The van der Waals surface area contributed by atoms with Crippen molar-refractivity contribution in [3.63, 3.8) is 0 Å². The summed E-state index contributed by atoms with van der Waals surface area (Å²) < 4.78 is 5.81. The van der Waals surface area contributed by atoms with E-state index >= 15 is 0 Å². The van der Waals surface area contributed by atoms with E-state index in [-0.39, 0.29) is 0 Å². The fraction of sp³-hybridized carbons (Fsp3) is 0.0667. The van der Waals surface area contributed by atoms with Crippen LogP contribution in [0, 0.1) is 0 Å². The summed E-state index contributed by atoms with van der Waals surface area (Å²) in [5.41, 5.74) is 8.33. The Hall–Kier alpha value is -1.48. The molecule has 0 radical (unpaired) electrons. The van der Waals surface area contributed by atoms with E-state index in [0.29, 0.717) is 16.6 Å². The smallest absolute Gasteiger partial charge is 0.135 e. The second-order valence-corrected chi connectivity index (χ2v) is 5.15. The van der Waals surface area contributed by atoms with Crippen molar-refractivity contribution in [2.75, 3.05) is 0 Å². The number of furan rings is 1. The highest BCUT2D eigenvalue weighted by atomic mass is 35.5. The van der Waals surface area contributed by atoms with Crippen molar-refractivity contribution in [2.24, 2.45) is 5.73 Å².